The van der Waals surface area contributed by atoms with E-state index < -0.39 is 45.3 Å². The molecule has 0 saturated heterocycles. The minimum atomic E-state index is -4.17. The van der Waals surface area contributed by atoms with Crippen molar-refractivity contribution in [1.82, 2.24) is 4.31 Å². The molecule has 2 aromatic carbocycles. The van der Waals surface area contributed by atoms with Gasteiger partial charge in [-0.15, -0.1) is 0 Å². The van der Waals surface area contributed by atoms with Crippen molar-refractivity contribution in [2.75, 3.05) is 18.4 Å². The van der Waals surface area contributed by atoms with Gasteiger partial charge in [0.05, 0.1) is 5.56 Å². The summed E-state index contributed by atoms with van der Waals surface area (Å²) < 4.78 is 74.2. The summed E-state index contributed by atoms with van der Waals surface area (Å²) in [6.45, 7) is 1.70. The second kappa shape index (κ2) is 11.1. The SMILES string of the molecule is CCN(CC)S(=O)(=O)c1cc(C(=O)OC(C)C(=O)Nc2ccc(OC(F)F)cc2)ccc1F. The molecule has 0 heterocycles. The van der Waals surface area contributed by atoms with E-state index in [4.69, 9.17) is 4.74 Å². The first-order chi connectivity index (χ1) is 15.5. The maximum absolute atomic E-state index is 14.2. The molecule has 2 aromatic rings. The molecule has 0 radical (unpaired) electrons. The summed E-state index contributed by atoms with van der Waals surface area (Å²) >= 11 is 0. The molecule has 0 aliphatic heterocycles. The van der Waals surface area contributed by atoms with E-state index in [1.54, 1.807) is 13.8 Å². The van der Waals surface area contributed by atoms with Crippen LogP contribution in [0.2, 0.25) is 0 Å². The number of hydrogen-bond donors (Lipinski definition) is 1. The van der Waals surface area contributed by atoms with Gasteiger partial charge in [0.15, 0.2) is 6.10 Å². The molecule has 1 atom stereocenters. The fraction of sp³-hybridized carbons (Fsp3) is 0.333. The van der Waals surface area contributed by atoms with Crippen molar-refractivity contribution in [2.24, 2.45) is 0 Å². The number of carbonyl (C=O) groups excluding carboxylic acids is 2. The Bertz CT molecular complexity index is 1090. The lowest BCUT2D eigenvalue weighted by molar-refractivity contribution is -0.123. The molecule has 0 aliphatic carbocycles. The summed E-state index contributed by atoms with van der Waals surface area (Å²) in [6.07, 6.45) is -1.30. The molecule has 0 bridgehead atoms. The summed E-state index contributed by atoms with van der Waals surface area (Å²) in [6, 6.07) is 7.80. The van der Waals surface area contributed by atoms with Crippen molar-refractivity contribution < 1.29 is 40.7 Å². The Balaban J connectivity index is 2.10. The summed E-state index contributed by atoms with van der Waals surface area (Å²) in [7, 11) is -4.17. The predicted molar refractivity (Wildman–Crippen MR) is 113 cm³/mol. The Morgan fingerprint density at radius 3 is 2.21 bits per heavy atom. The van der Waals surface area contributed by atoms with Crippen molar-refractivity contribution in [3.05, 3.63) is 53.8 Å². The van der Waals surface area contributed by atoms with Crippen molar-refractivity contribution in [3.63, 3.8) is 0 Å². The van der Waals surface area contributed by atoms with Crippen LogP contribution in [0.5, 0.6) is 5.75 Å². The third-order valence-electron chi connectivity index (χ3n) is 4.49. The number of alkyl halides is 2. The van der Waals surface area contributed by atoms with Gasteiger partial charge in [0.2, 0.25) is 10.0 Å². The molecule has 180 valence electrons. The van der Waals surface area contributed by atoms with E-state index in [0.29, 0.717) is 0 Å². The first kappa shape index (κ1) is 26.1. The third-order valence-corrected chi connectivity index (χ3v) is 6.56. The summed E-state index contributed by atoms with van der Waals surface area (Å²) in [4.78, 5) is 24.0. The van der Waals surface area contributed by atoms with Crippen LogP contribution in [0.4, 0.5) is 18.9 Å². The minimum absolute atomic E-state index is 0.103. The quantitative estimate of drug-likeness (QED) is 0.513. The fourth-order valence-electron chi connectivity index (χ4n) is 2.78. The number of amides is 1. The zero-order chi connectivity index (χ0) is 24.8. The Hall–Kier alpha value is -3.12. The van der Waals surface area contributed by atoms with Crippen LogP contribution in [0.25, 0.3) is 0 Å². The molecule has 12 heteroatoms. The average Bonchev–Trinajstić information content (AvgIpc) is 2.75. The van der Waals surface area contributed by atoms with Crippen LogP contribution in [0.15, 0.2) is 47.4 Å². The largest absolute Gasteiger partial charge is 0.449 e. The highest BCUT2D eigenvalue weighted by Gasteiger charge is 2.27. The first-order valence-corrected chi connectivity index (χ1v) is 11.3. The zero-order valence-electron chi connectivity index (χ0n) is 18.0. The number of sulfonamides is 1. The smallest absolute Gasteiger partial charge is 0.387 e. The van der Waals surface area contributed by atoms with Crippen LogP contribution in [0.1, 0.15) is 31.1 Å². The van der Waals surface area contributed by atoms with Crippen LogP contribution in [0, 0.1) is 5.82 Å². The molecule has 0 aliphatic rings. The van der Waals surface area contributed by atoms with Gasteiger partial charge < -0.3 is 14.8 Å². The molecule has 8 nitrogen and oxygen atoms in total. The normalized spacial score (nSPS) is 12.5. The number of anilines is 1. The van der Waals surface area contributed by atoms with Gasteiger partial charge in [0, 0.05) is 18.8 Å². The number of nitrogens with one attached hydrogen (secondary N) is 1. The number of carbonyl (C=O) groups is 2. The van der Waals surface area contributed by atoms with Crippen molar-refractivity contribution in [3.8, 4) is 5.75 Å². The fourth-order valence-corrected chi connectivity index (χ4v) is 4.32. The maximum Gasteiger partial charge on any atom is 0.387 e. The lowest BCUT2D eigenvalue weighted by atomic mass is 10.2. The van der Waals surface area contributed by atoms with E-state index in [2.05, 4.69) is 10.1 Å². The molecule has 0 saturated carbocycles. The van der Waals surface area contributed by atoms with Crippen LogP contribution < -0.4 is 10.1 Å². The van der Waals surface area contributed by atoms with Crippen LogP contribution in [-0.2, 0) is 19.6 Å². The molecule has 1 amide bonds. The third kappa shape index (κ3) is 6.68. The van der Waals surface area contributed by atoms with Gasteiger partial charge in [-0.1, -0.05) is 13.8 Å². The summed E-state index contributed by atoms with van der Waals surface area (Å²) in [5, 5.41) is 2.43. The molecule has 0 spiro atoms. The molecular formula is C21H23F3N2O6S. The lowest BCUT2D eigenvalue weighted by Crippen LogP contribution is -2.32. The van der Waals surface area contributed by atoms with E-state index in [1.807, 2.05) is 0 Å². The molecular weight excluding hydrogens is 465 g/mol. The van der Waals surface area contributed by atoms with Gasteiger partial charge in [0.1, 0.15) is 16.5 Å². The van der Waals surface area contributed by atoms with Gasteiger partial charge in [-0.2, -0.15) is 13.1 Å². The van der Waals surface area contributed by atoms with Gasteiger partial charge in [0.25, 0.3) is 5.91 Å². The lowest BCUT2D eigenvalue weighted by Gasteiger charge is -2.19. The topological polar surface area (TPSA) is 102 Å². The highest BCUT2D eigenvalue weighted by atomic mass is 32.2. The Labute approximate surface area is 189 Å². The highest BCUT2D eigenvalue weighted by molar-refractivity contribution is 7.89. The van der Waals surface area contributed by atoms with Crippen molar-refractivity contribution in [2.45, 2.75) is 38.4 Å². The number of halogens is 3. The summed E-state index contributed by atoms with van der Waals surface area (Å²) in [5.41, 5.74) is -0.0193. The van der Waals surface area contributed by atoms with Gasteiger partial charge in [-0.3, -0.25) is 4.79 Å². The van der Waals surface area contributed by atoms with Crippen molar-refractivity contribution in [1.29, 1.82) is 0 Å². The van der Waals surface area contributed by atoms with Gasteiger partial charge in [-0.25, -0.2) is 17.6 Å². The molecule has 2 rings (SSSR count). The van der Waals surface area contributed by atoms with E-state index in [-0.39, 0.29) is 30.1 Å². The van der Waals surface area contributed by atoms with Crippen LogP contribution in [-0.4, -0.2) is 50.4 Å². The highest BCUT2D eigenvalue weighted by Crippen LogP contribution is 2.22. The molecule has 1 N–H and O–H groups in total. The Kier molecular flexibility index (Phi) is 8.83. The van der Waals surface area contributed by atoms with Gasteiger partial charge >= 0.3 is 12.6 Å². The predicted octanol–water partition coefficient (Wildman–Crippen LogP) is 3.64. The van der Waals surface area contributed by atoms with Gasteiger partial charge in [-0.05, 0) is 49.4 Å². The molecule has 33 heavy (non-hydrogen) atoms. The van der Waals surface area contributed by atoms with E-state index in [9.17, 15) is 31.2 Å². The average molecular weight is 488 g/mol. The molecule has 0 aromatic heterocycles. The summed E-state index contributed by atoms with van der Waals surface area (Å²) in [5.74, 6) is -2.89. The number of rotatable bonds is 10. The number of esters is 1. The maximum atomic E-state index is 14.2. The number of ether oxygens (including phenoxy) is 2. The number of nitrogens with zero attached hydrogens (tertiary/aromatic N) is 1. The Morgan fingerprint density at radius 2 is 1.67 bits per heavy atom. The first-order valence-electron chi connectivity index (χ1n) is 9.86. The zero-order valence-corrected chi connectivity index (χ0v) is 18.9. The van der Waals surface area contributed by atoms with E-state index in [1.165, 1.54) is 31.2 Å². The van der Waals surface area contributed by atoms with E-state index in [0.717, 1.165) is 22.5 Å². The van der Waals surface area contributed by atoms with Crippen molar-refractivity contribution >= 4 is 27.6 Å². The van der Waals surface area contributed by atoms with E-state index >= 15 is 0 Å². The second-order valence-corrected chi connectivity index (χ2v) is 8.58. The molecule has 0 fully saturated rings. The second-order valence-electron chi connectivity index (χ2n) is 6.67. The number of hydrogen-bond acceptors (Lipinski definition) is 6. The van der Waals surface area contributed by atoms with Crippen LogP contribution in [0.3, 0.4) is 0 Å². The monoisotopic (exact) mass is 488 g/mol. The minimum Gasteiger partial charge on any atom is -0.449 e. The van der Waals surface area contributed by atoms with Crippen LogP contribution >= 0.6 is 0 Å². The number of benzene rings is 2. The molecule has 1 unspecified atom stereocenters. The Morgan fingerprint density at radius 1 is 1.06 bits per heavy atom. The standard InChI is InChI=1S/C21H23F3N2O6S/c1-4-26(5-2)33(29,30)18-12-14(6-11-17(18)22)20(28)31-13(3)19(27)25-15-7-9-16(10-8-15)32-21(23)24/h6-13,21H,4-5H2,1-3H3,(H,25,27).